The molecule has 0 spiro atoms. The summed E-state index contributed by atoms with van der Waals surface area (Å²) in [7, 11) is 0. The molecule has 0 bridgehead atoms. The largest absolute Gasteiger partial charge is 0.493 e. The summed E-state index contributed by atoms with van der Waals surface area (Å²) in [5.41, 5.74) is 0.127. The second-order valence-corrected chi connectivity index (χ2v) is 6.05. The molecular formula is C19H22FNO2. The van der Waals surface area contributed by atoms with Gasteiger partial charge in [-0.3, -0.25) is 4.79 Å². The predicted octanol–water partition coefficient (Wildman–Crippen LogP) is 3.69. The van der Waals surface area contributed by atoms with Crippen LogP contribution in [0.5, 0.6) is 5.75 Å². The molecule has 0 atom stereocenters. The highest BCUT2D eigenvalue weighted by molar-refractivity contribution is 5.76. The quantitative estimate of drug-likeness (QED) is 0.846. The standard InChI is InChI=1S/C19H22FNO2/c1-19(2,16-10-6-7-11-17(16)20)14-21-18(22)12-13-23-15-8-4-3-5-9-15/h3-11H,12-14H2,1-2H3,(H,21,22). The van der Waals surface area contributed by atoms with Gasteiger partial charge in [0.2, 0.25) is 5.91 Å². The second kappa shape index (κ2) is 7.77. The summed E-state index contributed by atoms with van der Waals surface area (Å²) in [6.07, 6.45) is 0.266. The van der Waals surface area contributed by atoms with E-state index in [1.165, 1.54) is 6.07 Å². The fourth-order valence-corrected chi connectivity index (χ4v) is 2.29. The first-order valence-electron chi connectivity index (χ1n) is 7.68. The zero-order chi connectivity index (χ0) is 16.7. The van der Waals surface area contributed by atoms with Crippen LogP contribution in [-0.4, -0.2) is 19.1 Å². The van der Waals surface area contributed by atoms with Gasteiger partial charge in [-0.25, -0.2) is 4.39 Å². The van der Waals surface area contributed by atoms with E-state index >= 15 is 0 Å². The molecule has 2 aromatic rings. The number of benzene rings is 2. The normalized spacial score (nSPS) is 11.1. The molecule has 0 aliphatic carbocycles. The number of ether oxygens (including phenoxy) is 1. The van der Waals surface area contributed by atoms with Crippen LogP contribution < -0.4 is 10.1 Å². The van der Waals surface area contributed by atoms with Crippen LogP contribution in [0.1, 0.15) is 25.8 Å². The van der Waals surface area contributed by atoms with Crippen molar-refractivity contribution in [2.45, 2.75) is 25.7 Å². The van der Waals surface area contributed by atoms with Crippen LogP contribution >= 0.6 is 0 Å². The zero-order valence-corrected chi connectivity index (χ0v) is 13.5. The predicted molar refractivity (Wildman–Crippen MR) is 89.0 cm³/mol. The molecule has 2 aromatic carbocycles. The highest BCUT2D eigenvalue weighted by Crippen LogP contribution is 2.24. The fourth-order valence-electron chi connectivity index (χ4n) is 2.29. The summed E-state index contributed by atoms with van der Waals surface area (Å²) in [4.78, 5) is 11.9. The lowest BCUT2D eigenvalue weighted by atomic mass is 9.84. The maximum atomic E-state index is 13.9. The van der Waals surface area contributed by atoms with Gasteiger partial charge < -0.3 is 10.1 Å². The Morgan fingerprint density at radius 2 is 1.74 bits per heavy atom. The summed E-state index contributed by atoms with van der Waals surface area (Å²) in [5, 5.41) is 2.85. The SMILES string of the molecule is CC(C)(CNC(=O)CCOc1ccccc1)c1ccccc1F. The molecule has 0 saturated carbocycles. The molecule has 23 heavy (non-hydrogen) atoms. The average molecular weight is 315 g/mol. The zero-order valence-electron chi connectivity index (χ0n) is 13.5. The third-order valence-corrected chi connectivity index (χ3v) is 3.67. The van der Waals surface area contributed by atoms with Crippen molar-refractivity contribution in [1.82, 2.24) is 5.32 Å². The second-order valence-electron chi connectivity index (χ2n) is 6.05. The average Bonchev–Trinajstić information content (AvgIpc) is 2.54. The van der Waals surface area contributed by atoms with Gasteiger partial charge in [-0.05, 0) is 23.8 Å². The summed E-state index contributed by atoms with van der Waals surface area (Å²) < 4.78 is 19.4. The Labute approximate surface area is 136 Å². The maximum absolute atomic E-state index is 13.9. The van der Waals surface area contributed by atoms with Crippen LogP contribution in [0.3, 0.4) is 0 Å². The maximum Gasteiger partial charge on any atom is 0.223 e. The summed E-state index contributed by atoms with van der Waals surface area (Å²) >= 11 is 0. The highest BCUT2D eigenvalue weighted by atomic mass is 19.1. The third kappa shape index (κ3) is 5.09. The van der Waals surface area contributed by atoms with E-state index in [-0.39, 0.29) is 18.1 Å². The van der Waals surface area contributed by atoms with E-state index in [0.717, 1.165) is 5.75 Å². The summed E-state index contributed by atoms with van der Waals surface area (Å²) in [6, 6.07) is 16.0. The van der Waals surface area contributed by atoms with Gasteiger partial charge in [-0.15, -0.1) is 0 Å². The van der Waals surface area contributed by atoms with E-state index in [0.29, 0.717) is 18.7 Å². The lowest BCUT2D eigenvalue weighted by Gasteiger charge is -2.26. The smallest absolute Gasteiger partial charge is 0.223 e. The first-order valence-corrected chi connectivity index (χ1v) is 7.68. The van der Waals surface area contributed by atoms with Crippen LogP contribution in [0.25, 0.3) is 0 Å². The topological polar surface area (TPSA) is 38.3 Å². The lowest BCUT2D eigenvalue weighted by Crippen LogP contribution is -2.37. The van der Waals surface area contributed by atoms with Gasteiger partial charge in [0.15, 0.2) is 0 Å². The fraction of sp³-hybridized carbons (Fsp3) is 0.316. The Kier molecular flexibility index (Phi) is 5.74. The van der Waals surface area contributed by atoms with Crippen molar-refractivity contribution in [1.29, 1.82) is 0 Å². The van der Waals surface area contributed by atoms with Gasteiger partial charge >= 0.3 is 0 Å². The summed E-state index contributed by atoms with van der Waals surface area (Å²) in [5.74, 6) is 0.386. The third-order valence-electron chi connectivity index (χ3n) is 3.67. The molecular weight excluding hydrogens is 293 g/mol. The van der Waals surface area contributed by atoms with E-state index in [4.69, 9.17) is 4.74 Å². The number of rotatable bonds is 7. The number of halogens is 1. The van der Waals surface area contributed by atoms with E-state index < -0.39 is 5.41 Å². The van der Waals surface area contributed by atoms with E-state index in [1.807, 2.05) is 44.2 Å². The Balaban J connectivity index is 1.78. The molecule has 0 saturated heterocycles. The number of carbonyl (C=O) groups is 1. The molecule has 0 radical (unpaired) electrons. The number of hydrogen-bond acceptors (Lipinski definition) is 2. The minimum atomic E-state index is -0.471. The number of carbonyl (C=O) groups excluding carboxylic acids is 1. The molecule has 0 unspecified atom stereocenters. The van der Waals surface area contributed by atoms with Crippen molar-refractivity contribution in [3.63, 3.8) is 0 Å². The number of nitrogens with one attached hydrogen (secondary N) is 1. The van der Waals surface area contributed by atoms with Crippen LogP contribution in [0.2, 0.25) is 0 Å². The molecule has 0 fully saturated rings. The molecule has 3 nitrogen and oxygen atoms in total. The minimum Gasteiger partial charge on any atom is -0.493 e. The van der Waals surface area contributed by atoms with Crippen LogP contribution in [0, 0.1) is 5.82 Å². The Morgan fingerprint density at radius 3 is 2.43 bits per heavy atom. The van der Waals surface area contributed by atoms with Gasteiger partial charge in [-0.2, -0.15) is 0 Å². The molecule has 0 heterocycles. The Morgan fingerprint density at radius 1 is 1.09 bits per heavy atom. The van der Waals surface area contributed by atoms with E-state index in [9.17, 15) is 9.18 Å². The van der Waals surface area contributed by atoms with Crippen molar-refractivity contribution >= 4 is 5.91 Å². The van der Waals surface area contributed by atoms with Crippen molar-refractivity contribution < 1.29 is 13.9 Å². The van der Waals surface area contributed by atoms with Crippen molar-refractivity contribution in [2.24, 2.45) is 0 Å². The molecule has 4 heteroatoms. The van der Waals surface area contributed by atoms with Crippen molar-refractivity contribution in [3.8, 4) is 5.75 Å². The first kappa shape index (κ1) is 17.0. The van der Waals surface area contributed by atoms with Crippen molar-refractivity contribution in [2.75, 3.05) is 13.2 Å². The Bertz CT molecular complexity index is 641. The number of hydrogen-bond donors (Lipinski definition) is 1. The molecule has 1 N–H and O–H groups in total. The van der Waals surface area contributed by atoms with Crippen LogP contribution in [0.15, 0.2) is 54.6 Å². The van der Waals surface area contributed by atoms with Gasteiger partial charge in [0.25, 0.3) is 0 Å². The number of para-hydroxylation sites is 1. The molecule has 0 aliphatic heterocycles. The molecule has 0 aliphatic rings. The van der Waals surface area contributed by atoms with E-state index in [1.54, 1.807) is 18.2 Å². The minimum absolute atomic E-state index is 0.106. The molecule has 0 aromatic heterocycles. The summed E-state index contributed by atoms with van der Waals surface area (Å²) in [6.45, 7) is 4.51. The highest BCUT2D eigenvalue weighted by Gasteiger charge is 2.24. The first-order chi connectivity index (χ1) is 11.0. The number of amides is 1. The molecule has 122 valence electrons. The van der Waals surface area contributed by atoms with Gasteiger partial charge in [0, 0.05) is 12.0 Å². The van der Waals surface area contributed by atoms with E-state index in [2.05, 4.69) is 5.32 Å². The van der Waals surface area contributed by atoms with Crippen molar-refractivity contribution in [3.05, 3.63) is 66.0 Å². The monoisotopic (exact) mass is 315 g/mol. The molecule has 2 rings (SSSR count). The Hall–Kier alpha value is -2.36. The van der Waals surface area contributed by atoms with Crippen LogP contribution in [-0.2, 0) is 10.2 Å². The lowest BCUT2D eigenvalue weighted by molar-refractivity contribution is -0.121. The van der Waals surface area contributed by atoms with Gasteiger partial charge in [0.1, 0.15) is 11.6 Å². The van der Waals surface area contributed by atoms with Gasteiger partial charge in [-0.1, -0.05) is 50.2 Å². The van der Waals surface area contributed by atoms with Gasteiger partial charge in [0.05, 0.1) is 13.0 Å². The van der Waals surface area contributed by atoms with Crippen LogP contribution in [0.4, 0.5) is 4.39 Å². The molecule has 1 amide bonds.